The molecule has 2 aromatic heterocycles. The Morgan fingerprint density at radius 3 is 2.24 bits per heavy atom. The molecular formula is C26H31N3O6S2. The van der Waals surface area contributed by atoms with Gasteiger partial charge in [0, 0.05) is 19.2 Å². The Balaban J connectivity index is 1.56. The third-order valence-corrected chi connectivity index (χ3v) is 9.12. The normalized spacial score (nSPS) is 16.3. The second kappa shape index (κ2) is 9.43. The van der Waals surface area contributed by atoms with Gasteiger partial charge in [0.05, 0.1) is 23.0 Å². The Bertz CT molecular complexity index is 1570. The van der Waals surface area contributed by atoms with Crippen molar-refractivity contribution in [3.05, 3.63) is 58.3 Å². The summed E-state index contributed by atoms with van der Waals surface area (Å²) in [5.74, 6) is 0.566. The van der Waals surface area contributed by atoms with E-state index in [1.54, 1.807) is 6.07 Å². The van der Waals surface area contributed by atoms with Gasteiger partial charge in [-0.25, -0.2) is 16.8 Å². The Hall–Kier alpha value is -2.92. The lowest BCUT2D eigenvalue weighted by Gasteiger charge is -2.23. The van der Waals surface area contributed by atoms with Gasteiger partial charge in [0.25, 0.3) is 5.91 Å². The van der Waals surface area contributed by atoms with Crippen molar-refractivity contribution < 1.29 is 26.0 Å². The minimum atomic E-state index is -3.76. The predicted molar refractivity (Wildman–Crippen MR) is 142 cm³/mol. The number of hydrogen-bond acceptors (Lipinski definition) is 7. The van der Waals surface area contributed by atoms with Gasteiger partial charge in [-0.05, 0) is 66.7 Å². The molecule has 0 aliphatic heterocycles. The maximum Gasteiger partial charge on any atom is 0.252 e. The van der Waals surface area contributed by atoms with Gasteiger partial charge in [0.2, 0.25) is 15.7 Å². The number of aromatic nitrogens is 1. The molecule has 37 heavy (non-hydrogen) atoms. The molecule has 2 aliphatic carbocycles. The topological polar surface area (TPSA) is 141 Å². The molecule has 0 unspecified atom stereocenters. The summed E-state index contributed by atoms with van der Waals surface area (Å²) >= 11 is 0. The molecule has 2 saturated carbocycles. The van der Waals surface area contributed by atoms with E-state index in [9.17, 15) is 21.6 Å². The van der Waals surface area contributed by atoms with Crippen molar-refractivity contribution in [2.24, 2.45) is 5.73 Å². The van der Waals surface area contributed by atoms with Crippen LogP contribution in [0.25, 0.3) is 11.1 Å². The number of carbonyl (C=O) groups is 1. The minimum absolute atomic E-state index is 0.0340. The summed E-state index contributed by atoms with van der Waals surface area (Å²) in [7, 11) is -7.02. The van der Waals surface area contributed by atoms with Crippen LogP contribution < -0.4 is 10.0 Å². The van der Waals surface area contributed by atoms with Crippen LogP contribution in [0.4, 0.5) is 5.82 Å². The van der Waals surface area contributed by atoms with E-state index in [-0.39, 0.29) is 41.7 Å². The zero-order valence-corrected chi connectivity index (χ0v) is 22.6. The molecule has 1 amide bonds. The molecule has 1 aromatic carbocycles. The second-order valence-electron chi connectivity index (χ2n) is 10.3. The van der Waals surface area contributed by atoms with E-state index in [4.69, 9.17) is 10.2 Å². The smallest absolute Gasteiger partial charge is 0.252 e. The molecule has 0 bridgehead atoms. The highest BCUT2D eigenvalue weighted by atomic mass is 32.2. The molecular weight excluding hydrogens is 514 g/mol. The van der Waals surface area contributed by atoms with Crippen molar-refractivity contribution >= 4 is 42.7 Å². The number of hydrogen-bond donors (Lipinski definition) is 1. The van der Waals surface area contributed by atoms with Crippen LogP contribution in [0.2, 0.25) is 0 Å². The van der Waals surface area contributed by atoms with Gasteiger partial charge in [-0.1, -0.05) is 24.3 Å². The number of primary amides is 1. The van der Waals surface area contributed by atoms with Gasteiger partial charge in [0.1, 0.15) is 21.4 Å². The number of amides is 1. The molecule has 0 radical (unpaired) electrons. The number of anilines is 1. The summed E-state index contributed by atoms with van der Waals surface area (Å²) in [5, 5.41) is 0.465. The number of sulfonamides is 1. The Labute approximate surface area is 217 Å². The summed E-state index contributed by atoms with van der Waals surface area (Å²) in [6, 6.07) is 10.0. The van der Waals surface area contributed by atoms with E-state index in [1.165, 1.54) is 18.4 Å². The van der Waals surface area contributed by atoms with Crippen LogP contribution in [-0.2, 0) is 26.3 Å². The molecule has 3 aromatic rings. The van der Waals surface area contributed by atoms with Crippen LogP contribution >= 0.6 is 0 Å². The quantitative estimate of drug-likeness (QED) is 0.389. The lowest BCUT2D eigenvalue weighted by Crippen LogP contribution is -2.33. The SMILES string of the molecule is CS(=O)(=O)CCCN(c1nc2oc(Cc3ccc(C4CC4)cc3)c(C(N)=O)c2cc1C1CC1)S(C)(=O)=O. The zero-order valence-electron chi connectivity index (χ0n) is 20.9. The van der Waals surface area contributed by atoms with Crippen molar-refractivity contribution in [1.29, 1.82) is 0 Å². The average molecular weight is 546 g/mol. The van der Waals surface area contributed by atoms with Crippen molar-refractivity contribution in [1.82, 2.24) is 4.98 Å². The van der Waals surface area contributed by atoms with E-state index in [0.717, 1.165) is 35.2 Å². The molecule has 2 heterocycles. The van der Waals surface area contributed by atoms with Crippen LogP contribution in [0.5, 0.6) is 0 Å². The molecule has 2 aliphatic rings. The minimum Gasteiger partial charge on any atom is -0.441 e. The number of fused-ring (bicyclic) bond motifs is 1. The Morgan fingerprint density at radius 2 is 1.70 bits per heavy atom. The van der Waals surface area contributed by atoms with Crippen molar-refractivity contribution in [3.8, 4) is 0 Å². The molecule has 0 saturated heterocycles. The lowest BCUT2D eigenvalue weighted by atomic mass is 10.0. The molecule has 2 N–H and O–H groups in total. The third kappa shape index (κ3) is 5.82. The van der Waals surface area contributed by atoms with Crippen LogP contribution in [0.15, 0.2) is 34.7 Å². The average Bonchev–Trinajstić information content (AvgIpc) is 3.71. The maximum absolute atomic E-state index is 12.8. The maximum atomic E-state index is 12.8. The number of furan rings is 1. The van der Waals surface area contributed by atoms with Crippen LogP contribution in [-0.4, -0.2) is 52.5 Å². The van der Waals surface area contributed by atoms with E-state index < -0.39 is 25.8 Å². The second-order valence-corrected chi connectivity index (χ2v) is 14.5. The summed E-state index contributed by atoms with van der Waals surface area (Å²) < 4.78 is 55.9. The van der Waals surface area contributed by atoms with Crippen molar-refractivity contribution in [2.45, 2.75) is 50.4 Å². The molecule has 0 spiro atoms. The molecule has 11 heteroatoms. The van der Waals surface area contributed by atoms with Gasteiger partial charge in [-0.15, -0.1) is 0 Å². The first kappa shape index (κ1) is 25.7. The largest absolute Gasteiger partial charge is 0.441 e. The van der Waals surface area contributed by atoms with Crippen LogP contribution in [0, 0.1) is 0 Å². The number of carbonyl (C=O) groups excluding carboxylic acids is 1. The van der Waals surface area contributed by atoms with Gasteiger partial charge in [0.15, 0.2) is 0 Å². The summed E-state index contributed by atoms with van der Waals surface area (Å²) in [6.07, 6.45) is 6.82. The first-order valence-electron chi connectivity index (χ1n) is 12.4. The molecule has 9 nitrogen and oxygen atoms in total. The standard InChI is InChI=1S/C26H31N3O6S2/c1-36(31,32)13-3-12-29(37(2,33)34)25-20(19-10-11-19)15-21-23(24(27)30)22(35-26(21)28-25)14-16-4-6-17(7-5-16)18-8-9-18/h4-7,15,18-19H,3,8-14H2,1-2H3,(H2,27,30). The molecule has 198 valence electrons. The highest BCUT2D eigenvalue weighted by molar-refractivity contribution is 7.92. The summed E-state index contributed by atoms with van der Waals surface area (Å²) in [5.41, 5.74) is 9.13. The lowest BCUT2D eigenvalue weighted by molar-refractivity contribution is 0.1000. The number of benzene rings is 1. The number of nitrogens with zero attached hydrogens (tertiary/aromatic N) is 2. The van der Waals surface area contributed by atoms with Gasteiger partial charge in [-0.3, -0.25) is 9.10 Å². The number of sulfone groups is 1. The molecule has 2 fully saturated rings. The Kier molecular flexibility index (Phi) is 6.56. The van der Waals surface area contributed by atoms with E-state index in [1.807, 2.05) is 12.1 Å². The van der Waals surface area contributed by atoms with Crippen molar-refractivity contribution in [3.63, 3.8) is 0 Å². The monoisotopic (exact) mass is 545 g/mol. The van der Waals surface area contributed by atoms with Gasteiger partial charge >= 0.3 is 0 Å². The predicted octanol–water partition coefficient (Wildman–Crippen LogP) is 3.47. The van der Waals surface area contributed by atoms with Crippen molar-refractivity contribution in [2.75, 3.05) is 29.1 Å². The first-order chi connectivity index (χ1) is 17.4. The zero-order chi connectivity index (χ0) is 26.5. The number of nitrogens with two attached hydrogens (primary N) is 1. The highest BCUT2D eigenvalue weighted by Gasteiger charge is 2.34. The van der Waals surface area contributed by atoms with Crippen LogP contribution in [0.1, 0.15) is 76.7 Å². The molecule has 0 atom stereocenters. The highest BCUT2D eigenvalue weighted by Crippen LogP contribution is 2.46. The Morgan fingerprint density at radius 1 is 1.05 bits per heavy atom. The summed E-state index contributed by atoms with van der Waals surface area (Å²) in [6.45, 7) is -0.0340. The van der Waals surface area contributed by atoms with Gasteiger partial charge < -0.3 is 10.2 Å². The van der Waals surface area contributed by atoms with E-state index in [0.29, 0.717) is 29.0 Å². The summed E-state index contributed by atoms with van der Waals surface area (Å²) in [4.78, 5) is 17.1. The fourth-order valence-corrected chi connectivity index (χ4v) is 6.35. The van der Waals surface area contributed by atoms with E-state index in [2.05, 4.69) is 17.1 Å². The first-order valence-corrected chi connectivity index (χ1v) is 16.3. The van der Waals surface area contributed by atoms with Crippen LogP contribution in [0.3, 0.4) is 0 Å². The fourth-order valence-electron chi connectivity index (χ4n) is 4.78. The number of rotatable bonds is 11. The third-order valence-electron chi connectivity index (χ3n) is 6.93. The fraction of sp³-hybridized carbons (Fsp3) is 0.462. The molecule has 5 rings (SSSR count). The van der Waals surface area contributed by atoms with Gasteiger partial charge in [-0.2, -0.15) is 4.98 Å². The number of pyridine rings is 1. The van der Waals surface area contributed by atoms with E-state index >= 15 is 0 Å².